The molecule has 1 N–H and O–H groups in total. The largest absolute Gasteiger partial charge is 0.492 e. The summed E-state index contributed by atoms with van der Waals surface area (Å²) in [6.07, 6.45) is 3.75. The van der Waals surface area contributed by atoms with E-state index in [4.69, 9.17) is 9.84 Å². The Kier molecular flexibility index (Phi) is 5.86. The molecule has 1 aromatic heterocycles. The standard InChI is InChI=1S/C13H21NO2/c1-3-12-13(8-7-11(2)14-12)16-10-6-4-5-9-15/h7-8,15H,3-6,9-10H2,1-2H3. The summed E-state index contributed by atoms with van der Waals surface area (Å²) in [5.74, 6) is 0.900. The number of aliphatic hydroxyl groups excluding tert-OH is 1. The third kappa shape index (κ3) is 4.19. The van der Waals surface area contributed by atoms with Gasteiger partial charge in [-0.3, -0.25) is 4.98 Å². The van der Waals surface area contributed by atoms with E-state index in [1.165, 1.54) is 0 Å². The number of nitrogens with zero attached hydrogens (tertiary/aromatic N) is 1. The number of pyridine rings is 1. The summed E-state index contributed by atoms with van der Waals surface area (Å²) in [7, 11) is 0. The van der Waals surface area contributed by atoms with Crippen LogP contribution in [0.2, 0.25) is 0 Å². The molecule has 1 aromatic rings. The molecule has 90 valence electrons. The zero-order chi connectivity index (χ0) is 11.8. The zero-order valence-corrected chi connectivity index (χ0v) is 10.2. The van der Waals surface area contributed by atoms with Crippen LogP contribution < -0.4 is 4.74 Å². The van der Waals surface area contributed by atoms with Crippen molar-refractivity contribution in [1.82, 2.24) is 4.98 Å². The van der Waals surface area contributed by atoms with Crippen LogP contribution in [0.1, 0.15) is 37.6 Å². The number of aliphatic hydroxyl groups is 1. The summed E-state index contributed by atoms with van der Waals surface area (Å²) in [6, 6.07) is 3.97. The first-order valence-corrected chi connectivity index (χ1v) is 5.98. The van der Waals surface area contributed by atoms with Gasteiger partial charge in [-0.25, -0.2) is 0 Å². The van der Waals surface area contributed by atoms with Crippen molar-refractivity contribution in [3.63, 3.8) is 0 Å². The second-order valence-electron chi connectivity index (χ2n) is 3.88. The molecule has 0 spiro atoms. The third-order valence-electron chi connectivity index (χ3n) is 2.47. The van der Waals surface area contributed by atoms with Gasteiger partial charge in [0, 0.05) is 12.3 Å². The van der Waals surface area contributed by atoms with E-state index < -0.39 is 0 Å². The fraction of sp³-hybridized carbons (Fsp3) is 0.615. The molecule has 0 aliphatic heterocycles. The fourth-order valence-corrected chi connectivity index (χ4v) is 1.56. The van der Waals surface area contributed by atoms with Crippen molar-refractivity contribution in [3.8, 4) is 5.75 Å². The Bertz CT molecular complexity index is 313. The van der Waals surface area contributed by atoms with Crippen molar-refractivity contribution in [2.24, 2.45) is 0 Å². The normalized spacial score (nSPS) is 10.4. The van der Waals surface area contributed by atoms with Gasteiger partial charge in [0.05, 0.1) is 12.3 Å². The van der Waals surface area contributed by atoms with E-state index in [1.54, 1.807) is 0 Å². The Labute approximate surface area is 97.5 Å². The minimum absolute atomic E-state index is 0.270. The average Bonchev–Trinajstić information content (AvgIpc) is 2.30. The Morgan fingerprint density at radius 3 is 2.75 bits per heavy atom. The van der Waals surface area contributed by atoms with Crippen LogP contribution in [-0.4, -0.2) is 23.3 Å². The predicted molar refractivity (Wildman–Crippen MR) is 64.8 cm³/mol. The molecule has 16 heavy (non-hydrogen) atoms. The third-order valence-corrected chi connectivity index (χ3v) is 2.47. The summed E-state index contributed by atoms with van der Waals surface area (Å²) in [5, 5.41) is 8.64. The minimum atomic E-state index is 0.270. The van der Waals surface area contributed by atoms with Gasteiger partial charge in [0.15, 0.2) is 0 Å². The lowest BCUT2D eigenvalue weighted by molar-refractivity contribution is 0.265. The highest BCUT2D eigenvalue weighted by Gasteiger charge is 2.03. The van der Waals surface area contributed by atoms with Gasteiger partial charge in [-0.15, -0.1) is 0 Å². The number of aryl methyl sites for hydroxylation is 2. The van der Waals surface area contributed by atoms with Crippen LogP contribution in [0.25, 0.3) is 0 Å². The molecule has 0 fully saturated rings. The number of hydrogen-bond acceptors (Lipinski definition) is 3. The number of hydrogen-bond donors (Lipinski definition) is 1. The maximum Gasteiger partial charge on any atom is 0.140 e. The lowest BCUT2D eigenvalue weighted by Gasteiger charge is -2.10. The highest BCUT2D eigenvalue weighted by Crippen LogP contribution is 2.17. The van der Waals surface area contributed by atoms with Gasteiger partial charge in [-0.05, 0) is 44.7 Å². The molecular weight excluding hydrogens is 202 g/mol. The number of ether oxygens (including phenoxy) is 1. The monoisotopic (exact) mass is 223 g/mol. The molecule has 0 saturated carbocycles. The maximum absolute atomic E-state index is 8.64. The number of rotatable bonds is 7. The SMILES string of the molecule is CCc1nc(C)ccc1OCCCCCO. The molecule has 1 heterocycles. The van der Waals surface area contributed by atoms with E-state index in [-0.39, 0.29) is 6.61 Å². The molecule has 0 amide bonds. The van der Waals surface area contributed by atoms with Crippen LogP contribution >= 0.6 is 0 Å². The van der Waals surface area contributed by atoms with E-state index in [2.05, 4.69) is 11.9 Å². The summed E-state index contributed by atoms with van der Waals surface area (Å²) in [6.45, 7) is 5.05. The predicted octanol–water partition coefficient (Wildman–Crippen LogP) is 2.49. The van der Waals surface area contributed by atoms with E-state index in [1.807, 2.05) is 19.1 Å². The Hall–Kier alpha value is -1.09. The molecule has 0 bridgehead atoms. The number of aromatic nitrogens is 1. The van der Waals surface area contributed by atoms with Crippen LogP contribution in [0.15, 0.2) is 12.1 Å². The zero-order valence-electron chi connectivity index (χ0n) is 10.2. The smallest absolute Gasteiger partial charge is 0.140 e. The van der Waals surface area contributed by atoms with E-state index in [9.17, 15) is 0 Å². The van der Waals surface area contributed by atoms with Crippen molar-refractivity contribution < 1.29 is 9.84 Å². The van der Waals surface area contributed by atoms with Gasteiger partial charge in [0.2, 0.25) is 0 Å². The lowest BCUT2D eigenvalue weighted by atomic mass is 10.2. The quantitative estimate of drug-likeness (QED) is 0.722. The van der Waals surface area contributed by atoms with E-state index in [0.717, 1.165) is 42.8 Å². The summed E-state index contributed by atoms with van der Waals surface area (Å²) < 4.78 is 5.69. The molecular formula is C13H21NO2. The van der Waals surface area contributed by atoms with Gasteiger partial charge in [0.1, 0.15) is 5.75 Å². The van der Waals surface area contributed by atoms with Gasteiger partial charge in [-0.1, -0.05) is 6.92 Å². The highest BCUT2D eigenvalue weighted by atomic mass is 16.5. The van der Waals surface area contributed by atoms with E-state index >= 15 is 0 Å². The van der Waals surface area contributed by atoms with Crippen LogP contribution in [0.5, 0.6) is 5.75 Å². The van der Waals surface area contributed by atoms with Crippen molar-refractivity contribution in [1.29, 1.82) is 0 Å². The van der Waals surface area contributed by atoms with Crippen molar-refractivity contribution in [2.75, 3.05) is 13.2 Å². The molecule has 0 unspecified atom stereocenters. The molecule has 3 nitrogen and oxygen atoms in total. The first kappa shape index (κ1) is 13.0. The summed E-state index contributed by atoms with van der Waals surface area (Å²) in [4.78, 5) is 4.44. The summed E-state index contributed by atoms with van der Waals surface area (Å²) >= 11 is 0. The van der Waals surface area contributed by atoms with E-state index in [0.29, 0.717) is 6.61 Å². The Balaban J connectivity index is 2.41. The van der Waals surface area contributed by atoms with Crippen molar-refractivity contribution in [3.05, 3.63) is 23.5 Å². The fourth-order valence-electron chi connectivity index (χ4n) is 1.56. The van der Waals surface area contributed by atoms with Gasteiger partial charge >= 0.3 is 0 Å². The molecule has 0 aliphatic rings. The Morgan fingerprint density at radius 2 is 2.06 bits per heavy atom. The number of unbranched alkanes of at least 4 members (excludes halogenated alkanes) is 2. The topological polar surface area (TPSA) is 42.4 Å². The van der Waals surface area contributed by atoms with Gasteiger partial charge < -0.3 is 9.84 Å². The maximum atomic E-state index is 8.64. The molecule has 0 saturated heterocycles. The summed E-state index contributed by atoms with van der Waals surface area (Å²) in [5.41, 5.74) is 2.06. The first-order chi connectivity index (χ1) is 7.77. The molecule has 0 aromatic carbocycles. The Morgan fingerprint density at radius 1 is 1.25 bits per heavy atom. The van der Waals surface area contributed by atoms with Crippen molar-refractivity contribution >= 4 is 0 Å². The molecule has 0 atom stereocenters. The van der Waals surface area contributed by atoms with Gasteiger partial charge in [-0.2, -0.15) is 0 Å². The van der Waals surface area contributed by atoms with Crippen LogP contribution in [0, 0.1) is 6.92 Å². The van der Waals surface area contributed by atoms with Gasteiger partial charge in [0.25, 0.3) is 0 Å². The minimum Gasteiger partial charge on any atom is -0.492 e. The molecule has 3 heteroatoms. The second kappa shape index (κ2) is 7.23. The van der Waals surface area contributed by atoms with Crippen LogP contribution in [-0.2, 0) is 6.42 Å². The van der Waals surface area contributed by atoms with Crippen molar-refractivity contribution in [2.45, 2.75) is 39.5 Å². The molecule has 0 aliphatic carbocycles. The van der Waals surface area contributed by atoms with Crippen LogP contribution in [0.3, 0.4) is 0 Å². The molecule has 1 rings (SSSR count). The lowest BCUT2D eigenvalue weighted by Crippen LogP contribution is -2.02. The van der Waals surface area contributed by atoms with Crippen LogP contribution in [0.4, 0.5) is 0 Å². The first-order valence-electron chi connectivity index (χ1n) is 5.98. The second-order valence-corrected chi connectivity index (χ2v) is 3.88. The highest BCUT2D eigenvalue weighted by molar-refractivity contribution is 5.29. The average molecular weight is 223 g/mol. The molecule has 0 radical (unpaired) electrons.